The van der Waals surface area contributed by atoms with E-state index in [1.54, 1.807) is 31.6 Å². The third-order valence-electron chi connectivity index (χ3n) is 6.27. The van der Waals surface area contributed by atoms with Crippen molar-refractivity contribution >= 4 is 40.0 Å². The van der Waals surface area contributed by atoms with Crippen molar-refractivity contribution in [2.75, 3.05) is 32.7 Å². The second-order valence-corrected chi connectivity index (χ2v) is 9.78. The zero-order valence-electron chi connectivity index (χ0n) is 21.3. The molecule has 5 rings (SSSR count). The van der Waals surface area contributed by atoms with E-state index in [1.807, 2.05) is 67.5 Å². The zero-order valence-corrected chi connectivity index (χ0v) is 22.1. The number of carbonyl (C=O) groups is 1. The van der Waals surface area contributed by atoms with Crippen LogP contribution in [0.1, 0.15) is 31.2 Å². The predicted molar refractivity (Wildman–Crippen MR) is 144 cm³/mol. The molecule has 0 unspecified atom stereocenters. The van der Waals surface area contributed by atoms with Crippen LogP contribution in [-0.4, -0.2) is 38.3 Å². The number of anilines is 1. The van der Waals surface area contributed by atoms with Crippen LogP contribution in [0.15, 0.2) is 74.0 Å². The molecule has 1 atom stereocenters. The molecule has 0 spiro atoms. The van der Waals surface area contributed by atoms with Crippen molar-refractivity contribution in [2.45, 2.75) is 19.9 Å². The minimum absolute atomic E-state index is 0.201. The van der Waals surface area contributed by atoms with Gasteiger partial charge in [-0.3, -0.25) is 9.36 Å². The Labute approximate surface area is 217 Å². The fraction of sp³-hybridized carbons (Fsp3) is 0.250. The molecule has 4 aromatic rings. The van der Waals surface area contributed by atoms with E-state index in [4.69, 9.17) is 13.9 Å². The van der Waals surface area contributed by atoms with E-state index in [-0.39, 0.29) is 12.2 Å². The lowest BCUT2D eigenvalue weighted by atomic mass is 9.90. The van der Waals surface area contributed by atoms with E-state index in [0.29, 0.717) is 43.6 Å². The van der Waals surface area contributed by atoms with Crippen LogP contribution < -0.4 is 24.5 Å². The maximum atomic E-state index is 13.9. The highest BCUT2D eigenvalue weighted by Gasteiger charge is 2.36. The van der Waals surface area contributed by atoms with Gasteiger partial charge in [0.1, 0.15) is 17.6 Å². The number of hydrogen-bond donors (Lipinski definition) is 0. The van der Waals surface area contributed by atoms with Crippen molar-refractivity contribution < 1.29 is 18.7 Å². The summed E-state index contributed by atoms with van der Waals surface area (Å²) >= 11 is 1.25. The molecule has 1 aliphatic heterocycles. The Morgan fingerprint density at radius 1 is 1.19 bits per heavy atom. The standard InChI is InChI=1S/C28H27N3O5S/c1-6-35-27(33)23-16(2)29-28-31(26(32)21(37-28)15-18-12-14-22(36-18)30(3)4)25(23)24-19-10-8-7-9-17(19)11-13-20(24)34-5/h7-15,25H,6H2,1-5H3/t25-/m0/s1. The van der Waals surface area contributed by atoms with Crippen molar-refractivity contribution in [2.24, 2.45) is 4.99 Å². The van der Waals surface area contributed by atoms with Gasteiger partial charge in [-0.2, -0.15) is 0 Å². The van der Waals surface area contributed by atoms with Crippen molar-refractivity contribution in [1.82, 2.24) is 4.57 Å². The molecular formula is C28H27N3O5S. The van der Waals surface area contributed by atoms with Gasteiger partial charge in [-0.05, 0) is 36.8 Å². The molecule has 2 aromatic heterocycles. The number of allylic oxidation sites excluding steroid dienone is 1. The molecule has 0 bridgehead atoms. The minimum Gasteiger partial charge on any atom is -0.496 e. The van der Waals surface area contributed by atoms with Gasteiger partial charge >= 0.3 is 5.97 Å². The van der Waals surface area contributed by atoms with Gasteiger partial charge in [0.15, 0.2) is 10.7 Å². The number of carbonyl (C=O) groups excluding carboxylic acids is 1. The minimum atomic E-state index is -0.785. The van der Waals surface area contributed by atoms with Crippen molar-refractivity contribution in [1.29, 1.82) is 0 Å². The summed E-state index contributed by atoms with van der Waals surface area (Å²) in [6.07, 6.45) is 1.71. The predicted octanol–water partition coefficient (Wildman–Crippen LogP) is 3.62. The maximum absolute atomic E-state index is 13.9. The number of hydrogen-bond acceptors (Lipinski definition) is 8. The number of thiazole rings is 1. The highest BCUT2D eigenvalue weighted by Crippen LogP contribution is 2.40. The molecule has 190 valence electrons. The summed E-state index contributed by atoms with van der Waals surface area (Å²) in [5.41, 5.74) is 1.24. The molecule has 3 heterocycles. The highest BCUT2D eigenvalue weighted by atomic mass is 32.1. The molecule has 0 saturated carbocycles. The maximum Gasteiger partial charge on any atom is 0.338 e. The SMILES string of the molecule is CCOC(=O)C1=C(C)N=c2sc(=Cc3ccc(N(C)C)o3)c(=O)n2[C@@H]1c1c(OC)ccc2ccccc12. The van der Waals surface area contributed by atoms with Crippen LogP contribution in [0.5, 0.6) is 5.75 Å². The number of aromatic nitrogens is 1. The lowest BCUT2D eigenvalue weighted by Crippen LogP contribution is -2.40. The van der Waals surface area contributed by atoms with Gasteiger partial charge in [0.05, 0.1) is 29.5 Å². The highest BCUT2D eigenvalue weighted by molar-refractivity contribution is 7.07. The first kappa shape index (κ1) is 24.6. The third-order valence-corrected chi connectivity index (χ3v) is 7.25. The normalized spacial score (nSPS) is 15.5. The van der Waals surface area contributed by atoms with Gasteiger partial charge < -0.3 is 18.8 Å². The molecule has 0 amide bonds. The first-order valence-corrected chi connectivity index (χ1v) is 12.7. The number of nitrogens with zero attached hydrogens (tertiary/aromatic N) is 3. The van der Waals surface area contributed by atoms with Crippen LogP contribution in [0.4, 0.5) is 5.88 Å². The first-order valence-electron chi connectivity index (χ1n) is 11.9. The molecule has 0 fully saturated rings. The smallest absolute Gasteiger partial charge is 0.338 e. The van der Waals surface area contributed by atoms with Crippen LogP contribution >= 0.6 is 11.3 Å². The van der Waals surface area contributed by atoms with Gasteiger partial charge in [0.2, 0.25) is 0 Å². The molecule has 1 aliphatic rings. The molecule has 9 heteroatoms. The van der Waals surface area contributed by atoms with Gasteiger partial charge in [-0.25, -0.2) is 9.79 Å². The number of ether oxygens (including phenoxy) is 2. The summed E-state index contributed by atoms with van der Waals surface area (Å²) in [6.45, 7) is 3.72. The van der Waals surface area contributed by atoms with Crippen molar-refractivity contribution in [3.05, 3.63) is 90.8 Å². The Morgan fingerprint density at radius 3 is 2.68 bits per heavy atom. The van der Waals surface area contributed by atoms with Crippen LogP contribution in [-0.2, 0) is 9.53 Å². The van der Waals surface area contributed by atoms with Gasteiger partial charge in [0, 0.05) is 31.8 Å². The topological polar surface area (TPSA) is 86.3 Å². The van der Waals surface area contributed by atoms with Crippen LogP contribution in [0.3, 0.4) is 0 Å². The van der Waals surface area contributed by atoms with Crippen LogP contribution in [0.25, 0.3) is 16.8 Å². The molecule has 0 aliphatic carbocycles. The van der Waals surface area contributed by atoms with Gasteiger partial charge in [-0.1, -0.05) is 41.7 Å². The van der Waals surface area contributed by atoms with Gasteiger partial charge in [0.25, 0.3) is 5.56 Å². The number of fused-ring (bicyclic) bond motifs is 2. The summed E-state index contributed by atoms with van der Waals surface area (Å²) in [4.78, 5) is 34.2. The molecular weight excluding hydrogens is 490 g/mol. The van der Waals surface area contributed by atoms with E-state index < -0.39 is 12.0 Å². The molecule has 0 N–H and O–H groups in total. The van der Waals surface area contributed by atoms with Crippen LogP contribution in [0.2, 0.25) is 0 Å². The van der Waals surface area contributed by atoms with Gasteiger partial charge in [-0.15, -0.1) is 0 Å². The van der Waals surface area contributed by atoms with E-state index in [0.717, 1.165) is 10.8 Å². The Morgan fingerprint density at radius 2 is 1.97 bits per heavy atom. The Hall–Kier alpha value is -4.11. The Balaban J connectivity index is 1.82. The van der Waals surface area contributed by atoms with Crippen LogP contribution in [0, 0.1) is 0 Å². The fourth-order valence-electron chi connectivity index (χ4n) is 4.59. The Bertz CT molecular complexity index is 1720. The second-order valence-electron chi connectivity index (χ2n) is 8.78. The zero-order chi connectivity index (χ0) is 26.3. The Kier molecular flexibility index (Phi) is 6.47. The summed E-state index contributed by atoms with van der Waals surface area (Å²) < 4.78 is 19.1. The monoisotopic (exact) mass is 517 g/mol. The molecule has 2 aromatic carbocycles. The van der Waals surface area contributed by atoms with Crippen molar-refractivity contribution in [3.63, 3.8) is 0 Å². The fourth-order valence-corrected chi connectivity index (χ4v) is 5.62. The number of rotatable bonds is 6. The van der Waals surface area contributed by atoms with E-state index >= 15 is 0 Å². The summed E-state index contributed by atoms with van der Waals surface area (Å²) in [7, 11) is 5.35. The second kappa shape index (κ2) is 9.74. The number of methoxy groups -OCH3 is 1. The van der Waals surface area contributed by atoms with E-state index in [9.17, 15) is 9.59 Å². The van der Waals surface area contributed by atoms with E-state index in [2.05, 4.69) is 4.99 Å². The lowest BCUT2D eigenvalue weighted by Gasteiger charge is -2.27. The molecule has 8 nitrogen and oxygen atoms in total. The summed E-state index contributed by atoms with van der Waals surface area (Å²) in [6, 6.07) is 14.5. The average Bonchev–Trinajstić information content (AvgIpc) is 3.47. The molecule has 0 radical (unpaired) electrons. The number of furan rings is 1. The first-order chi connectivity index (χ1) is 17.8. The molecule has 0 saturated heterocycles. The number of benzene rings is 2. The quantitative estimate of drug-likeness (QED) is 0.363. The average molecular weight is 518 g/mol. The van der Waals surface area contributed by atoms with E-state index in [1.165, 1.54) is 11.3 Å². The third kappa shape index (κ3) is 4.25. The summed E-state index contributed by atoms with van der Waals surface area (Å²) in [5, 5.41) is 1.84. The molecule has 37 heavy (non-hydrogen) atoms. The van der Waals surface area contributed by atoms with Crippen molar-refractivity contribution in [3.8, 4) is 5.75 Å². The summed E-state index contributed by atoms with van der Waals surface area (Å²) in [5.74, 6) is 1.28. The largest absolute Gasteiger partial charge is 0.496 e. The lowest BCUT2D eigenvalue weighted by molar-refractivity contribution is -0.139. The number of esters is 1.